The van der Waals surface area contributed by atoms with Crippen LogP contribution in [0.15, 0.2) is 53.4 Å². The van der Waals surface area contributed by atoms with Crippen LogP contribution in [0.2, 0.25) is 0 Å². The van der Waals surface area contributed by atoms with Crippen LogP contribution < -0.4 is 0 Å². The van der Waals surface area contributed by atoms with Crippen LogP contribution in [0, 0.1) is 23.3 Å². The predicted molar refractivity (Wildman–Crippen MR) is 98.9 cm³/mol. The molecule has 0 aliphatic rings. The van der Waals surface area contributed by atoms with Gasteiger partial charge in [0.05, 0.1) is 11.5 Å². The molecule has 8 heteroatoms. The quantitative estimate of drug-likeness (QED) is 0.322. The molecule has 3 rings (SSSR count). The van der Waals surface area contributed by atoms with Crippen LogP contribution in [0.25, 0.3) is 22.3 Å². The molecule has 152 valence electrons. The Bertz CT molecular complexity index is 1010. The van der Waals surface area contributed by atoms with Crippen LogP contribution in [0.1, 0.15) is 18.4 Å². The maximum Gasteiger partial charge on any atom is 0.395 e. The molecule has 0 radical (unpaired) electrons. The largest absolute Gasteiger partial charge is 0.395 e. The van der Waals surface area contributed by atoms with Crippen molar-refractivity contribution in [2.75, 3.05) is 0 Å². The summed E-state index contributed by atoms with van der Waals surface area (Å²) in [6.45, 7) is 0.604. The molecule has 29 heavy (non-hydrogen) atoms. The summed E-state index contributed by atoms with van der Waals surface area (Å²) in [5.74, 6) is -7.69. The average molecular weight is 430 g/mol. The smallest absolute Gasteiger partial charge is 0.207 e. The van der Waals surface area contributed by atoms with Crippen molar-refractivity contribution >= 4 is 12.6 Å². The zero-order valence-electron chi connectivity index (χ0n) is 14.8. The van der Waals surface area contributed by atoms with Gasteiger partial charge >= 0.3 is 6.18 Å². The second-order valence-electron chi connectivity index (χ2n) is 6.48. The van der Waals surface area contributed by atoms with Gasteiger partial charge in [-0.25, -0.2) is 17.6 Å². The maximum absolute atomic E-state index is 14.6. The summed E-state index contributed by atoms with van der Waals surface area (Å²) in [5.41, 5.74) is -1.81. The van der Waals surface area contributed by atoms with E-state index in [0.29, 0.717) is 29.5 Å². The molecular formula is C21H13F7S. The van der Waals surface area contributed by atoms with Gasteiger partial charge in [-0.3, -0.25) is 0 Å². The fraction of sp³-hybridized carbons (Fsp3) is 0.143. The predicted octanol–water partition coefficient (Wildman–Crippen LogP) is 7.53. The number of hydrogen-bond donors (Lipinski definition) is 1. The van der Waals surface area contributed by atoms with Gasteiger partial charge in [-0.15, -0.1) is 12.6 Å². The van der Waals surface area contributed by atoms with E-state index >= 15 is 0 Å². The van der Waals surface area contributed by atoms with Crippen LogP contribution in [-0.4, -0.2) is 6.18 Å². The highest BCUT2D eigenvalue weighted by molar-refractivity contribution is 7.80. The SMILES string of the molecule is CC(c1c(F)cc(-c2c(F)cc(-c3ccc(S)cc3)cc2F)cc1F)C(F)(F)F. The second-order valence-corrected chi connectivity index (χ2v) is 7.00. The molecule has 0 aromatic heterocycles. The molecule has 3 aromatic rings. The highest BCUT2D eigenvalue weighted by atomic mass is 32.1. The molecule has 0 bridgehead atoms. The molecule has 0 heterocycles. The van der Waals surface area contributed by atoms with Gasteiger partial charge in [0.25, 0.3) is 0 Å². The maximum atomic E-state index is 14.6. The van der Waals surface area contributed by atoms with Gasteiger partial charge in [0.2, 0.25) is 0 Å². The lowest BCUT2D eigenvalue weighted by Gasteiger charge is -2.18. The van der Waals surface area contributed by atoms with Crippen molar-refractivity contribution in [2.45, 2.75) is 23.9 Å². The Kier molecular flexibility index (Phi) is 5.67. The molecule has 3 aromatic carbocycles. The second kappa shape index (κ2) is 7.74. The first kappa shape index (κ1) is 21.2. The summed E-state index contributed by atoms with van der Waals surface area (Å²) in [5, 5.41) is 0. The highest BCUT2D eigenvalue weighted by Gasteiger charge is 2.40. The first-order chi connectivity index (χ1) is 13.5. The zero-order chi connectivity index (χ0) is 21.5. The molecule has 0 nitrogen and oxygen atoms in total. The van der Waals surface area contributed by atoms with E-state index < -0.39 is 52.1 Å². The Hall–Kier alpha value is -2.48. The third-order valence-electron chi connectivity index (χ3n) is 4.53. The summed E-state index contributed by atoms with van der Waals surface area (Å²) < 4.78 is 96.1. The summed E-state index contributed by atoms with van der Waals surface area (Å²) in [6, 6.07) is 9.36. The standard InChI is InChI=1S/C21H13F7S/c1-10(21(26,27)28)19-15(22)8-13(9-16(19)23)20-17(24)6-12(7-18(20)25)11-2-4-14(29)5-3-11/h2-10,29H,1H3. The van der Waals surface area contributed by atoms with Gasteiger partial charge in [0, 0.05) is 10.5 Å². The van der Waals surface area contributed by atoms with Gasteiger partial charge in [0.15, 0.2) is 0 Å². The van der Waals surface area contributed by atoms with Crippen molar-refractivity contribution in [1.82, 2.24) is 0 Å². The zero-order valence-corrected chi connectivity index (χ0v) is 15.7. The lowest BCUT2D eigenvalue weighted by molar-refractivity contribution is -0.147. The Balaban J connectivity index is 2.08. The fourth-order valence-electron chi connectivity index (χ4n) is 2.98. The summed E-state index contributed by atoms with van der Waals surface area (Å²) in [4.78, 5) is 0.644. The van der Waals surface area contributed by atoms with E-state index in [1.54, 1.807) is 24.3 Å². The summed E-state index contributed by atoms with van der Waals surface area (Å²) >= 11 is 4.12. The van der Waals surface area contributed by atoms with Crippen molar-refractivity contribution in [3.63, 3.8) is 0 Å². The molecule has 0 aliphatic carbocycles. The first-order valence-electron chi connectivity index (χ1n) is 8.33. The average Bonchev–Trinajstić information content (AvgIpc) is 2.60. The molecule has 0 amide bonds. The van der Waals surface area contributed by atoms with Gasteiger partial charge in [-0.1, -0.05) is 12.1 Å². The molecule has 0 spiro atoms. The van der Waals surface area contributed by atoms with Gasteiger partial charge < -0.3 is 0 Å². The molecule has 1 unspecified atom stereocenters. The number of hydrogen-bond acceptors (Lipinski definition) is 1. The van der Waals surface area contributed by atoms with Crippen molar-refractivity contribution < 1.29 is 30.7 Å². The van der Waals surface area contributed by atoms with Crippen molar-refractivity contribution in [3.8, 4) is 22.3 Å². The fourth-order valence-corrected chi connectivity index (χ4v) is 3.12. The molecule has 0 fully saturated rings. The summed E-state index contributed by atoms with van der Waals surface area (Å²) in [6.07, 6.45) is -4.87. The van der Waals surface area contributed by atoms with Crippen molar-refractivity contribution in [3.05, 3.63) is 77.4 Å². The first-order valence-corrected chi connectivity index (χ1v) is 8.78. The minimum absolute atomic E-state index is 0.181. The monoisotopic (exact) mass is 430 g/mol. The van der Waals surface area contributed by atoms with Crippen LogP contribution in [-0.2, 0) is 0 Å². The Labute approximate surface area is 167 Å². The number of benzene rings is 3. The van der Waals surface area contributed by atoms with Crippen LogP contribution in [0.4, 0.5) is 30.7 Å². The molecule has 0 aliphatic heterocycles. The Morgan fingerprint density at radius 2 is 1.14 bits per heavy atom. The van der Waals surface area contributed by atoms with E-state index in [9.17, 15) is 30.7 Å². The van der Waals surface area contributed by atoms with Crippen molar-refractivity contribution in [1.29, 1.82) is 0 Å². The Morgan fingerprint density at radius 3 is 1.59 bits per heavy atom. The number of thiol groups is 1. The van der Waals surface area contributed by atoms with Gasteiger partial charge in [-0.05, 0) is 60.0 Å². The van der Waals surface area contributed by atoms with Crippen LogP contribution >= 0.6 is 12.6 Å². The van der Waals surface area contributed by atoms with E-state index in [4.69, 9.17) is 0 Å². The summed E-state index contributed by atoms with van der Waals surface area (Å²) in [7, 11) is 0. The van der Waals surface area contributed by atoms with E-state index in [2.05, 4.69) is 12.6 Å². The normalized spacial score (nSPS) is 12.9. The molecule has 0 N–H and O–H groups in total. The third-order valence-corrected chi connectivity index (χ3v) is 4.83. The number of rotatable bonds is 3. The topological polar surface area (TPSA) is 0 Å². The molecular weight excluding hydrogens is 417 g/mol. The lowest BCUT2D eigenvalue weighted by atomic mass is 9.94. The van der Waals surface area contributed by atoms with Crippen LogP contribution in [0.5, 0.6) is 0 Å². The van der Waals surface area contributed by atoms with E-state index in [1.807, 2.05) is 0 Å². The van der Waals surface area contributed by atoms with Gasteiger partial charge in [0.1, 0.15) is 23.3 Å². The van der Waals surface area contributed by atoms with E-state index in [-0.39, 0.29) is 5.56 Å². The number of alkyl halides is 3. The highest BCUT2D eigenvalue weighted by Crippen LogP contribution is 2.39. The minimum atomic E-state index is -4.87. The molecule has 1 atom stereocenters. The minimum Gasteiger partial charge on any atom is -0.207 e. The van der Waals surface area contributed by atoms with Crippen LogP contribution in [0.3, 0.4) is 0 Å². The molecule has 0 saturated heterocycles. The third kappa shape index (κ3) is 4.27. The Morgan fingerprint density at radius 1 is 0.690 bits per heavy atom. The van der Waals surface area contributed by atoms with E-state index in [0.717, 1.165) is 12.1 Å². The van der Waals surface area contributed by atoms with E-state index in [1.165, 1.54) is 0 Å². The lowest BCUT2D eigenvalue weighted by Crippen LogP contribution is -2.20. The number of halogens is 7. The van der Waals surface area contributed by atoms with Crippen molar-refractivity contribution in [2.24, 2.45) is 0 Å². The van der Waals surface area contributed by atoms with Gasteiger partial charge in [-0.2, -0.15) is 13.2 Å². The molecule has 0 saturated carbocycles.